The van der Waals surface area contributed by atoms with Gasteiger partial charge in [0.25, 0.3) is 0 Å². The molecule has 0 bridgehead atoms. The minimum Gasteiger partial charge on any atom is -0.351 e. The van der Waals surface area contributed by atoms with Gasteiger partial charge in [-0.15, -0.1) is 0 Å². The number of halogens is 1. The Bertz CT molecular complexity index is 1040. The summed E-state index contributed by atoms with van der Waals surface area (Å²) in [6.07, 6.45) is 3.27. The van der Waals surface area contributed by atoms with Crippen molar-refractivity contribution in [3.8, 4) is 0 Å². The first kappa shape index (κ1) is 21.0. The Morgan fingerprint density at radius 2 is 1.59 bits per heavy atom. The van der Waals surface area contributed by atoms with E-state index in [0.717, 1.165) is 15.4 Å². The van der Waals surface area contributed by atoms with Gasteiger partial charge in [0.2, 0.25) is 15.9 Å². The molecule has 3 aromatic rings. The summed E-state index contributed by atoms with van der Waals surface area (Å²) in [6, 6.07) is 18.6. The average Bonchev–Trinajstić information content (AvgIpc) is 2.73. The van der Waals surface area contributed by atoms with Gasteiger partial charge in [-0.3, -0.25) is 9.78 Å². The summed E-state index contributed by atoms with van der Waals surface area (Å²) in [5.74, 6) is -0.393. The van der Waals surface area contributed by atoms with E-state index in [1.54, 1.807) is 24.5 Å². The van der Waals surface area contributed by atoms with Crippen molar-refractivity contribution >= 4 is 27.5 Å². The highest BCUT2D eigenvalue weighted by atomic mass is 35.5. The molecule has 8 heteroatoms. The SMILES string of the molecule is O=C(CN(Cc1ccccc1)S(=O)(=O)c1ccc(Cl)cc1)NCc1ccncc1. The molecular weight excluding hydrogens is 410 g/mol. The summed E-state index contributed by atoms with van der Waals surface area (Å²) < 4.78 is 27.5. The third-order valence-corrected chi connectivity index (χ3v) is 6.27. The van der Waals surface area contributed by atoms with Gasteiger partial charge < -0.3 is 5.32 Å². The molecule has 0 aliphatic rings. The van der Waals surface area contributed by atoms with Crippen molar-refractivity contribution in [2.45, 2.75) is 18.0 Å². The zero-order valence-corrected chi connectivity index (χ0v) is 17.1. The van der Waals surface area contributed by atoms with Crippen molar-refractivity contribution in [2.75, 3.05) is 6.54 Å². The fraction of sp³-hybridized carbons (Fsp3) is 0.143. The molecule has 1 aromatic heterocycles. The maximum atomic E-state index is 13.2. The highest BCUT2D eigenvalue weighted by Crippen LogP contribution is 2.20. The van der Waals surface area contributed by atoms with E-state index in [0.29, 0.717) is 11.6 Å². The molecule has 0 fully saturated rings. The lowest BCUT2D eigenvalue weighted by Crippen LogP contribution is -2.40. The predicted octanol–water partition coefficient (Wildman–Crippen LogP) is 3.24. The molecule has 150 valence electrons. The highest BCUT2D eigenvalue weighted by Gasteiger charge is 2.26. The number of hydrogen-bond acceptors (Lipinski definition) is 4. The molecule has 0 atom stereocenters. The third kappa shape index (κ3) is 5.87. The van der Waals surface area contributed by atoms with E-state index in [1.807, 2.05) is 30.3 Å². The molecule has 0 saturated heterocycles. The van der Waals surface area contributed by atoms with Gasteiger partial charge in [-0.1, -0.05) is 41.9 Å². The Morgan fingerprint density at radius 3 is 2.24 bits per heavy atom. The number of pyridine rings is 1. The van der Waals surface area contributed by atoms with Gasteiger partial charge in [0.05, 0.1) is 11.4 Å². The van der Waals surface area contributed by atoms with Crippen LogP contribution in [0.15, 0.2) is 84.0 Å². The van der Waals surface area contributed by atoms with Crippen LogP contribution in [0.2, 0.25) is 5.02 Å². The average molecular weight is 430 g/mol. The number of nitrogens with zero attached hydrogens (tertiary/aromatic N) is 2. The maximum absolute atomic E-state index is 13.2. The van der Waals surface area contributed by atoms with Crippen LogP contribution in [0.5, 0.6) is 0 Å². The second kappa shape index (κ2) is 9.65. The van der Waals surface area contributed by atoms with Gasteiger partial charge >= 0.3 is 0 Å². The lowest BCUT2D eigenvalue weighted by Gasteiger charge is -2.22. The van der Waals surface area contributed by atoms with Crippen LogP contribution in [-0.4, -0.2) is 30.2 Å². The van der Waals surface area contributed by atoms with Crippen LogP contribution in [-0.2, 0) is 27.9 Å². The van der Waals surface area contributed by atoms with Gasteiger partial charge in [-0.25, -0.2) is 8.42 Å². The van der Waals surface area contributed by atoms with Gasteiger partial charge in [-0.2, -0.15) is 4.31 Å². The Labute approximate surface area is 175 Å². The first-order valence-corrected chi connectivity index (χ1v) is 10.7. The Morgan fingerprint density at radius 1 is 0.931 bits per heavy atom. The molecule has 0 unspecified atom stereocenters. The van der Waals surface area contributed by atoms with Crippen LogP contribution in [0.25, 0.3) is 0 Å². The number of sulfonamides is 1. The van der Waals surface area contributed by atoms with Crippen LogP contribution in [0.3, 0.4) is 0 Å². The monoisotopic (exact) mass is 429 g/mol. The van der Waals surface area contributed by atoms with E-state index < -0.39 is 15.9 Å². The number of hydrogen-bond donors (Lipinski definition) is 1. The maximum Gasteiger partial charge on any atom is 0.243 e. The van der Waals surface area contributed by atoms with E-state index in [9.17, 15) is 13.2 Å². The van der Waals surface area contributed by atoms with Crippen molar-refractivity contribution in [2.24, 2.45) is 0 Å². The van der Waals surface area contributed by atoms with Gasteiger partial charge in [0, 0.05) is 30.5 Å². The smallest absolute Gasteiger partial charge is 0.243 e. The van der Waals surface area contributed by atoms with E-state index in [2.05, 4.69) is 10.3 Å². The highest BCUT2D eigenvalue weighted by molar-refractivity contribution is 7.89. The Hall–Kier alpha value is -2.74. The lowest BCUT2D eigenvalue weighted by molar-refractivity contribution is -0.121. The fourth-order valence-corrected chi connectivity index (χ4v) is 4.20. The van der Waals surface area contributed by atoms with E-state index >= 15 is 0 Å². The van der Waals surface area contributed by atoms with E-state index in [4.69, 9.17) is 11.6 Å². The standard InChI is InChI=1S/C21H20ClN3O3S/c22-19-6-8-20(9-7-19)29(27,28)25(15-18-4-2-1-3-5-18)16-21(26)24-14-17-10-12-23-13-11-17/h1-13H,14-16H2,(H,24,26). The molecular formula is C21H20ClN3O3S. The fourth-order valence-electron chi connectivity index (χ4n) is 2.69. The van der Waals surface area contributed by atoms with Crippen LogP contribution < -0.4 is 5.32 Å². The van der Waals surface area contributed by atoms with Crippen molar-refractivity contribution < 1.29 is 13.2 Å². The molecule has 0 aliphatic carbocycles. The first-order chi connectivity index (χ1) is 13.9. The van der Waals surface area contributed by atoms with Crippen LogP contribution in [0.4, 0.5) is 0 Å². The zero-order valence-electron chi connectivity index (χ0n) is 15.5. The van der Waals surface area contributed by atoms with Crippen molar-refractivity contribution in [3.63, 3.8) is 0 Å². The molecule has 0 aliphatic heterocycles. The summed E-state index contributed by atoms with van der Waals surface area (Å²) in [5.41, 5.74) is 1.66. The number of amides is 1. The molecule has 3 rings (SSSR count). The van der Waals surface area contributed by atoms with Crippen molar-refractivity contribution in [3.05, 3.63) is 95.3 Å². The largest absolute Gasteiger partial charge is 0.351 e. The summed E-state index contributed by atoms with van der Waals surface area (Å²) in [6.45, 7) is 0.0704. The zero-order chi connectivity index (χ0) is 20.7. The molecule has 29 heavy (non-hydrogen) atoms. The molecule has 0 spiro atoms. The van der Waals surface area contributed by atoms with E-state index in [1.165, 1.54) is 24.3 Å². The third-order valence-electron chi connectivity index (χ3n) is 4.21. The number of rotatable bonds is 8. The summed E-state index contributed by atoms with van der Waals surface area (Å²) >= 11 is 5.88. The first-order valence-electron chi connectivity index (χ1n) is 8.90. The molecule has 2 aromatic carbocycles. The lowest BCUT2D eigenvalue weighted by atomic mass is 10.2. The molecule has 6 nitrogen and oxygen atoms in total. The van der Waals surface area contributed by atoms with Gasteiger partial charge in [0.1, 0.15) is 0 Å². The molecule has 1 heterocycles. The molecule has 0 radical (unpaired) electrons. The second-order valence-corrected chi connectivity index (χ2v) is 8.72. The molecule has 1 N–H and O–H groups in total. The number of aromatic nitrogens is 1. The van der Waals surface area contributed by atoms with E-state index in [-0.39, 0.29) is 18.0 Å². The number of nitrogens with one attached hydrogen (secondary N) is 1. The van der Waals surface area contributed by atoms with Crippen LogP contribution in [0.1, 0.15) is 11.1 Å². The summed E-state index contributed by atoms with van der Waals surface area (Å²) in [4.78, 5) is 16.5. The molecule has 1 amide bonds. The van der Waals surface area contributed by atoms with Crippen LogP contribution >= 0.6 is 11.6 Å². The topological polar surface area (TPSA) is 79.4 Å². The quantitative estimate of drug-likeness (QED) is 0.596. The van der Waals surface area contributed by atoms with Crippen molar-refractivity contribution in [1.29, 1.82) is 0 Å². The summed E-state index contributed by atoms with van der Waals surface area (Å²) in [7, 11) is -3.89. The second-order valence-electron chi connectivity index (χ2n) is 6.34. The van der Waals surface area contributed by atoms with Crippen LogP contribution in [0, 0.1) is 0 Å². The normalized spacial score (nSPS) is 11.4. The minimum atomic E-state index is -3.89. The number of benzene rings is 2. The summed E-state index contributed by atoms with van der Waals surface area (Å²) in [5, 5.41) is 3.19. The molecule has 0 saturated carbocycles. The number of carbonyl (C=O) groups is 1. The minimum absolute atomic E-state index is 0.0779. The predicted molar refractivity (Wildman–Crippen MR) is 112 cm³/mol. The Kier molecular flexibility index (Phi) is 6.98. The number of carbonyl (C=O) groups excluding carboxylic acids is 1. The van der Waals surface area contributed by atoms with Gasteiger partial charge in [0.15, 0.2) is 0 Å². The van der Waals surface area contributed by atoms with Crippen molar-refractivity contribution in [1.82, 2.24) is 14.6 Å². The van der Waals surface area contributed by atoms with Gasteiger partial charge in [-0.05, 0) is 47.5 Å². The Balaban J connectivity index is 1.78.